The highest BCUT2D eigenvalue weighted by Gasteiger charge is 2.18. The maximum Gasteiger partial charge on any atom is 0.234 e. The van der Waals surface area contributed by atoms with E-state index in [1.54, 1.807) is 18.2 Å². The van der Waals surface area contributed by atoms with Crippen molar-refractivity contribution in [3.05, 3.63) is 33.8 Å². The fraction of sp³-hybridized carbons (Fsp3) is 0.417. The van der Waals surface area contributed by atoms with Crippen molar-refractivity contribution in [2.75, 3.05) is 0 Å². The normalized spacial score (nSPS) is 12.8. The van der Waals surface area contributed by atoms with Crippen molar-refractivity contribution in [1.82, 2.24) is 5.32 Å². The molecule has 0 radical (unpaired) electrons. The van der Waals surface area contributed by atoms with E-state index in [-0.39, 0.29) is 17.9 Å². The molecule has 0 aliphatic heterocycles. The van der Waals surface area contributed by atoms with Crippen LogP contribution in [0.2, 0.25) is 10.0 Å². The van der Waals surface area contributed by atoms with Gasteiger partial charge in [-0.2, -0.15) is 0 Å². The Morgan fingerprint density at radius 1 is 1.29 bits per heavy atom. The number of benzene rings is 1. The summed E-state index contributed by atoms with van der Waals surface area (Å²) in [5.74, 6) is -0.213. The van der Waals surface area contributed by atoms with E-state index in [0.717, 1.165) is 5.56 Å². The quantitative estimate of drug-likeness (QED) is 0.867. The second kappa shape index (κ2) is 6.24. The Labute approximate surface area is 111 Å². The zero-order valence-corrected chi connectivity index (χ0v) is 11.3. The molecule has 1 atom stereocenters. The summed E-state index contributed by atoms with van der Waals surface area (Å²) in [5.41, 5.74) is 6.23. The second-order valence-electron chi connectivity index (χ2n) is 4.28. The van der Waals surface area contributed by atoms with Gasteiger partial charge in [0.1, 0.15) is 0 Å². The molecule has 0 bridgehead atoms. The first-order valence-electron chi connectivity index (χ1n) is 5.38. The molecule has 1 rings (SSSR count). The first kappa shape index (κ1) is 14.3. The lowest BCUT2D eigenvalue weighted by molar-refractivity contribution is -0.121. The second-order valence-corrected chi connectivity index (χ2v) is 5.16. The van der Waals surface area contributed by atoms with Gasteiger partial charge in [-0.1, -0.05) is 37.0 Å². The third kappa shape index (κ3) is 4.54. The Morgan fingerprint density at radius 2 is 1.82 bits per heavy atom. The minimum absolute atomic E-state index is 0.141. The number of rotatable bonds is 5. The Bertz CT molecular complexity index is 387. The molecule has 5 heteroatoms. The van der Waals surface area contributed by atoms with Crippen LogP contribution >= 0.6 is 23.2 Å². The van der Waals surface area contributed by atoms with E-state index in [9.17, 15) is 4.79 Å². The SMILES string of the molecule is CC(C)C(NCc1cc(Cl)cc(Cl)c1)C(N)=O. The molecular formula is C12H16Cl2N2O. The van der Waals surface area contributed by atoms with Gasteiger partial charge in [0.2, 0.25) is 5.91 Å². The summed E-state index contributed by atoms with van der Waals surface area (Å²) in [6.45, 7) is 4.38. The summed E-state index contributed by atoms with van der Waals surface area (Å²) in [7, 11) is 0. The number of hydrogen-bond donors (Lipinski definition) is 2. The van der Waals surface area contributed by atoms with Crippen molar-refractivity contribution in [3.8, 4) is 0 Å². The first-order valence-corrected chi connectivity index (χ1v) is 6.13. The first-order chi connectivity index (χ1) is 7.90. The summed E-state index contributed by atoms with van der Waals surface area (Å²) in [6, 6.07) is 4.92. The third-order valence-corrected chi connectivity index (χ3v) is 2.86. The lowest BCUT2D eigenvalue weighted by atomic mass is 10.0. The van der Waals surface area contributed by atoms with Gasteiger partial charge >= 0.3 is 0 Å². The van der Waals surface area contributed by atoms with E-state index in [0.29, 0.717) is 16.6 Å². The predicted molar refractivity (Wildman–Crippen MR) is 71.1 cm³/mol. The number of halogens is 2. The maximum atomic E-state index is 11.2. The number of primary amides is 1. The average molecular weight is 275 g/mol. The summed E-state index contributed by atoms with van der Waals surface area (Å²) in [5, 5.41) is 4.25. The van der Waals surface area contributed by atoms with Crippen LogP contribution < -0.4 is 11.1 Å². The summed E-state index contributed by atoms with van der Waals surface area (Å²) in [4.78, 5) is 11.2. The highest BCUT2D eigenvalue weighted by molar-refractivity contribution is 6.34. The molecule has 0 spiro atoms. The molecule has 1 aromatic rings. The molecule has 94 valence electrons. The molecule has 0 heterocycles. The largest absolute Gasteiger partial charge is 0.368 e. The van der Waals surface area contributed by atoms with Crippen molar-refractivity contribution >= 4 is 29.1 Å². The van der Waals surface area contributed by atoms with Crippen LogP contribution in [0.5, 0.6) is 0 Å². The van der Waals surface area contributed by atoms with Crippen LogP contribution in [0.25, 0.3) is 0 Å². The van der Waals surface area contributed by atoms with Gasteiger partial charge in [-0.25, -0.2) is 0 Å². The van der Waals surface area contributed by atoms with Crippen LogP contribution in [0, 0.1) is 5.92 Å². The number of nitrogens with two attached hydrogens (primary N) is 1. The third-order valence-electron chi connectivity index (χ3n) is 2.42. The van der Waals surface area contributed by atoms with Gasteiger partial charge in [0.25, 0.3) is 0 Å². The highest BCUT2D eigenvalue weighted by Crippen LogP contribution is 2.19. The summed E-state index contributed by atoms with van der Waals surface area (Å²) in [6.07, 6.45) is 0. The zero-order valence-electron chi connectivity index (χ0n) is 9.84. The van der Waals surface area contributed by atoms with Crippen molar-refractivity contribution in [2.24, 2.45) is 11.7 Å². The van der Waals surface area contributed by atoms with Crippen LogP contribution in [-0.2, 0) is 11.3 Å². The van der Waals surface area contributed by atoms with Gasteiger partial charge in [-0.05, 0) is 29.7 Å². The fourth-order valence-corrected chi connectivity index (χ4v) is 2.18. The van der Waals surface area contributed by atoms with Gasteiger partial charge in [-0.15, -0.1) is 0 Å². The average Bonchev–Trinajstić information content (AvgIpc) is 2.14. The highest BCUT2D eigenvalue weighted by atomic mass is 35.5. The molecule has 0 fully saturated rings. The Balaban J connectivity index is 2.68. The van der Waals surface area contributed by atoms with E-state index in [1.807, 2.05) is 13.8 Å². The maximum absolute atomic E-state index is 11.2. The van der Waals surface area contributed by atoms with Crippen LogP contribution in [0.15, 0.2) is 18.2 Å². The lowest BCUT2D eigenvalue weighted by Crippen LogP contribution is -2.44. The standard InChI is InChI=1S/C12H16Cl2N2O/c1-7(2)11(12(15)17)16-6-8-3-9(13)5-10(14)4-8/h3-5,7,11,16H,6H2,1-2H3,(H2,15,17). The minimum atomic E-state index is -0.354. The Morgan fingerprint density at radius 3 is 2.24 bits per heavy atom. The number of carbonyl (C=O) groups is 1. The molecule has 1 amide bonds. The molecular weight excluding hydrogens is 259 g/mol. The van der Waals surface area contributed by atoms with Gasteiger partial charge in [-0.3, -0.25) is 4.79 Å². The number of amides is 1. The number of nitrogens with one attached hydrogen (secondary N) is 1. The molecule has 0 saturated carbocycles. The van der Waals surface area contributed by atoms with E-state index in [4.69, 9.17) is 28.9 Å². The molecule has 0 aliphatic carbocycles. The van der Waals surface area contributed by atoms with Gasteiger partial charge in [0.05, 0.1) is 6.04 Å². The molecule has 0 aliphatic rings. The van der Waals surface area contributed by atoms with Crippen molar-refractivity contribution < 1.29 is 4.79 Å². The Kier molecular flexibility index (Phi) is 5.25. The molecule has 0 saturated heterocycles. The van der Waals surface area contributed by atoms with E-state index >= 15 is 0 Å². The van der Waals surface area contributed by atoms with Crippen LogP contribution in [0.3, 0.4) is 0 Å². The summed E-state index contributed by atoms with van der Waals surface area (Å²) >= 11 is 11.8. The summed E-state index contributed by atoms with van der Waals surface area (Å²) < 4.78 is 0. The topological polar surface area (TPSA) is 55.1 Å². The predicted octanol–water partition coefficient (Wildman–Crippen LogP) is 2.59. The molecule has 1 unspecified atom stereocenters. The molecule has 3 N–H and O–H groups in total. The van der Waals surface area contributed by atoms with E-state index in [2.05, 4.69) is 5.32 Å². The zero-order chi connectivity index (χ0) is 13.0. The molecule has 0 aromatic heterocycles. The lowest BCUT2D eigenvalue weighted by Gasteiger charge is -2.19. The molecule has 1 aromatic carbocycles. The minimum Gasteiger partial charge on any atom is -0.368 e. The number of carbonyl (C=O) groups excluding carboxylic acids is 1. The van der Waals surface area contributed by atoms with Crippen molar-refractivity contribution in [2.45, 2.75) is 26.4 Å². The van der Waals surface area contributed by atoms with Gasteiger partial charge in [0.15, 0.2) is 0 Å². The monoisotopic (exact) mass is 274 g/mol. The Hall–Kier alpha value is -0.770. The van der Waals surface area contributed by atoms with Gasteiger partial charge < -0.3 is 11.1 Å². The van der Waals surface area contributed by atoms with Crippen LogP contribution in [0.4, 0.5) is 0 Å². The molecule has 3 nitrogen and oxygen atoms in total. The molecule has 17 heavy (non-hydrogen) atoms. The fourth-order valence-electron chi connectivity index (χ4n) is 1.61. The van der Waals surface area contributed by atoms with Crippen LogP contribution in [-0.4, -0.2) is 11.9 Å². The smallest absolute Gasteiger partial charge is 0.234 e. The van der Waals surface area contributed by atoms with E-state index in [1.165, 1.54) is 0 Å². The number of hydrogen-bond acceptors (Lipinski definition) is 2. The van der Waals surface area contributed by atoms with Crippen LogP contribution in [0.1, 0.15) is 19.4 Å². The van der Waals surface area contributed by atoms with Gasteiger partial charge in [0, 0.05) is 16.6 Å². The van der Waals surface area contributed by atoms with E-state index < -0.39 is 0 Å². The van der Waals surface area contributed by atoms with Crippen molar-refractivity contribution in [1.29, 1.82) is 0 Å². The van der Waals surface area contributed by atoms with Crippen molar-refractivity contribution in [3.63, 3.8) is 0 Å².